The SMILES string of the molecule is c1ccc(-c2ccc(N(c3ccc4c5c(cccc35)-c3cccc(N(c5ccccc5)c5ccccc5)c3O4)c3cccc4c3oc3ccccc34)cc2)cc1. The molecule has 0 spiro atoms. The van der Waals surface area contributed by atoms with Crippen molar-refractivity contribution in [3.05, 3.63) is 206 Å². The number of hydrogen-bond donors (Lipinski definition) is 0. The fourth-order valence-corrected chi connectivity index (χ4v) is 8.32. The lowest BCUT2D eigenvalue weighted by Crippen LogP contribution is -2.13. The first kappa shape index (κ1) is 31.9. The Morgan fingerprint density at radius 2 is 0.911 bits per heavy atom. The first-order valence-electron chi connectivity index (χ1n) is 18.9. The van der Waals surface area contributed by atoms with Crippen molar-refractivity contribution >= 4 is 66.8 Å². The van der Waals surface area contributed by atoms with Crippen molar-refractivity contribution in [2.45, 2.75) is 0 Å². The molecule has 4 nitrogen and oxygen atoms in total. The van der Waals surface area contributed by atoms with Crippen molar-refractivity contribution < 1.29 is 9.15 Å². The molecule has 264 valence electrons. The van der Waals surface area contributed by atoms with Gasteiger partial charge in [0.1, 0.15) is 11.3 Å². The lowest BCUT2D eigenvalue weighted by Gasteiger charge is -2.32. The van der Waals surface area contributed by atoms with E-state index in [1.54, 1.807) is 0 Å². The van der Waals surface area contributed by atoms with E-state index in [1.165, 1.54) is 5.56 Å². The predicted molar refractivity (Wildman–Crippen MR) is 232 cm³/mol. The molecule has 0 unspecified atom stereocenters. The van der Waals surface area contributed by atoms with Gasteiger partial charge < -0.3 is 19.0 Å². The van der Waals surface area contributed by atoms with Crippen molar-refractivity contribution in [3.63, 3.8) is 0 Å². The summed E-state index contributed by atoms with van der Waals surface area (Å²) < 4.78 is 13.7. The molecular formula is C52H34N2O2. The molecule has 56 heavy (non-hydrogen) atoms. The molecule has 0 fully saturated rings. The average Bonchev–Trinajstić information content (AvgIpc) is 3.66. The Morgan fingerprint density at radius 3 is 1.68 bits per heavy atom. The van der Waals surface area contributed by atoms with Crippen LogP contribution in [0.1, 0.15) is 0 Å². The maximum Gasteiger partial charge on any atom is 0.159 e. The van der Waals surface area contributed by atoms with Gasteiger partial charge in [-0.15, -0.1) is 0 Å². The summed E-state index contributed by atoms with van der Waals surface area (Å²) in [6.07, 6.45) is 0. The van der Waals surface area contributed by atoms with E-state index in [0.717, 1.165) is 95.0 Å². The lowest BCUT2D eigenvalue weighted by atomic mass is 9.92. The Balaban J connectivity index is 1.12. The molecular weight excluding hydrogens is 685 g/mol. The van der Waals surface area contributed by atoms with Gasteiger partial charge in [0.25, 0.3) is 0 Å². The van der Waals surface area contributed by atoms with Gasteiger partial charge in [-0.25, -0.2) is 0 Å². The van der Waals surface area contributed by atoms with Crippen molar-refractivity contribution in [1.29, 1.82) is 0 Å². The lowest BCUT2D eigenvalue weighted by molar-refractivity contribution is 0.488. The topological polar surface area (TPSA) is 28.9 Å². The molecule has 0 N–H and O–H groups in total. The van der Waals surface area contributed by atoms with E-state index < -0.39 is 0 Å². The van der Waals surface area contributed by atoms with Crippen LogP contribution in [0.25, 0.3) is 55.0 Å². The fraction of sp³-hybridized carbons (Fsp3) is 0. The van der Waals surface area contributed by atoms with Crippen LogP contribution in [0.4, 0.5) is 34.1 Å². The zero-order chi connectivity index (χ0) is 37.0. The number of para-hydroxylation sites is 5. The number of nitrogens with zero attached hydrogens (tertiary/aromatic N) is 2. The van der Waals surface area contributed by atoms with E-state index in [1.807, 2.05) is 24.3 Å². The molecule has 0 bridgehead atoms. The summed E-state index contributed by atoms with van der Waals surface area (Å²) in [5, 5.41) is 4.34. The minimum absolute atomic E-state index is 0.821. The number of ether oxygens (including phenoxy) is 1. The highest BCUT2D eigenvalue weighted by molar-refractivity contribution is 6.14. The van der Waals surface area contributed by atoms with Gasteiger partial charge in [0.2, 0.25) is 0 Å². The van der Waals surface area contributed by atoms with Crippen molar-refractivity contribution in [1.82, 2.24) is 0 Å². The zero-order valence-corrected chi connectivity index (χ0v) is 30.3. The van der Waals surface area contributed by atoms with Crippen molar-refractivity contribution in [3.8, 4) is 33.8 Å². The first-order chi connectivity index (χ1) is 27.8. The monoisotopic (exact) mass is 718 g/mol. The maximum absolute atomic E-state index is 7.05. The Hall–Kier alpha value is -7.56. The molecule has 0 radical (unpaired) electrons. The molecule has 0 saturated carbocycles. The molecule has 0 aliphatic carbocycles. The molecule has 10 aromatic rings. The Kier molecular flexibility index (Phi) is 7.46. The van der Waals surface area contributed by atoms with Crippen LogP contribution in [0.15, 0.2) is 211 Å². The van der Waals surface area contributed by atoms with Crippen LogP contribution in [0.5, 0.6) is 11.5 Å². The summed E-state index contributed by atoms with van der Waals surface area (Å²) in [5.41, 5.74) is 12.3. The second-order valence-corrected chi connectivity index (χ2v) is 14.1. The van der Waals surface area contributed by atoms with Crippen LogP contribution in [0.2, 0.25) is 0 Å². The highest BCUT2D eigenvalue weighted by atomic mass is 16.5. The number of fused-ring (bicyclic) bond motifs is 5. The zero-order valence-electron chi connectivity index (χ0n) is 30.3. The summed E-state index contributed by atoms with van der Waals surface area (Å²) in [7, 11) is 0. The van der Waals surface area contributed by atoms with Gasteiger partial charge in [-0.3, -0.25) is 0 Å². The number of anilines is 6. The van der Waals surface area contributed by atoms with Gasteiger partial charge in [0, 0.05) is 44.2 Å². The smallest absolute Gasteiger partial charge is 0.159 e. The summed E-state index contributed by atoms with van der Waals surface area (Å²) in [4.78, 5) is 4.61. The second-order valence-electron chi connectivity index (χ2n) is 14.1. The molecule has 0 amide bonds. The normalized spacial score (nSPS) is 11.7. The number of hydrogen-bond acceptors (Lipinski definition) is 4. The first-order valence-corrected chi connectivity index (χ1v) is 18.9. The molecule has 2 heterocycles. The van der Waals surface area contributed by atoms with Crippen LogP contribution in [-0.4, -0.2) is 0 Å². The molecule has 9 aromatic carbocycles. The van der Waals surface area contributed by atoms with E-state index in [-0.39, 0.29) is 0 Å². The number of furan rings is 1. The molecule has 1 aliphatic heterocycles. The highest BCUT2D eigenvalue weighted by Gasteiger charge is 2.29. The van der Waals surface area contributed by atoms with E-state index >= 15 is 0 Å². The van der Waals surface area contributed by atoms with Crippen LogP contribution < -0.4 is 14.5 Å². The van der Waals surface area contributed by atoms with Crippen molar-refractivity contribution in [2.75, 3.05) is 9.80 Å². The standard InChI is InChI=1S/C52H34N2O2/c1-4-15-35(16-5-1)36-29-31-39(32-30-36)54(47-27-13-23-42-40-21-10-11-28-48(40)55-51(42)47)45-33-34-49-50-41(22-12-25-44(45)50)43-24-14-26-46(52(43)56-49)53(37-17-6-2-7-18-37)38-19-8-3-9-20-38/h1-34H. The third-order valence-electron chi connectivity index (χ3n) is 10.8. The largest absolute Gasteiger partial charge is 0.454 e. The summed E-state index contributed by atoms with van der Waals surface area (Å²) in [6.45, 7) is 0. The molecule has 11 rings (SSSR count). The van der Waals surface area contributed by atoms with Crippen molar-refractivity contribution in [2.24, 2.45) is 0 Å². The Bertz CT molecular complexity index is 3010. The quantitative estimate of drug-likeness (QED) is 0.164. The summed E-state index contributed by atoms with van der Waals surface area (Å²) in [5.74, 6) is 1.65. The van der Waals surface area contributed by atoms with E-state index in [0.29, 0.717) is 0 Å². The van der Waals surface area contributed by atoms with Gasteiger partial charge >= 0.3 is 0 Å². The average molecular weight is 719 g/mol. The number of benzene rings is 9. The Morgan fingerprint density at radius 1 is 0.339 bits per heavy atom. The Labute approximate surface area is 324 Å². The van der Waals surface area contributed by atoms with Gasteiger partial charge in [-0.05, 0) is 83.4 Å². The van der Waals surface area contributed by atoms with Gasteiger partial charge in [-0.2, -0.15) is 0 Å². The third kappa shape index (κ3) is 5.15. The van der Waals surface area contributed by atoms with E-state index in [2.05, 4.69) is 192 Å². The third-order valence-corrected chi connectivity index (χ3v) is 10.8. The minimum Gasteiger partial charge on any atom is -0.454 e. The molecule has 0 saturated heterocycles. The summed E-state index contributed by atoms with van der Waals surface area (Å²) in [6, 6.07) is 72.3. The predicted octanol–water partition coefficient (Wildman–Crippen LogP) is 15.1. The van der Waals surface area contributed by atoms with Gasteiger partial charge in [0.05, 0.1) is 17.1 Å². The molecule has 4 heteroatoms. The van der Waals surface area contributed by atoms with E-state index in [9.17, 15) is 0 Å². The second kappa shape index (κ2) is 13.1. The maximum atomic E-state index is 7.05. The minimum atomic E-state index is 0.821. The van der Waals surface area contributed by atoms with Gasteiger partial charge in [-0.1, -0.05) is 140 Å². The van der Waals surface area contributed by atoms with Crippen LogP contribution in [0.3, 0.4) is 0 Å². The van der Waals surface area contributed by atoms with Crippen LogP contribution >= 0.6 is 0 Å². The van der Waals surface area contributed by atoms with Crippen LogP contribution in [0, 0.1) is 0 Å². The van der Waals surface area contributed by atoms with E-state index in [4.69, 9.17) is 9.15 Å². The highest BCUT2D eigenvalue weighted by Crippen LogP contribution is 2.55. The van der Waals surface area contributed by atoms with Crippen LogP contribution in [-0.2, 0) is 0 Å². The molecule has 1 aliphatic rings. The molecule has 1 aromatic heterocycles. The van der Waals surface area contributed by atoms with Gasteiger partial charge in [0.15, 0.2) is 11.3 Å². The molecule has 0 atom stereocenters. The fourth-order valence-electron chi connectivity index (χ4n) is 8.32. The summed E-state index contributed by atoms with van der Waals surface area (Å²) >= 11 is 0. The number of rotatable bonds is 7.